The van der Waals surface area contributed by atoms with Crippen LogP contribution in [0.25, 0.3) is 0 Å². The minimum Gasteiger partial charge on any atom is -0.489 e. The molecule has 4 N–H and O–H groups in total. The van der Waals surface area contributed by atoms with Crippen LogP contribution in [-0.2, 0) is 17.6 Å². The fourth-order valence-electron chi connectivity index (χ4n) is 3.71. The van der Waals surface area contributed by atoms with Gasteiger partial charge in [-0.25, -0.2) is 4.98 Å². The van der Waals surface area contributed by atoms with Crippen LogP contribution in [0.15, 0.2) is 36.4 Å². The summed E-state index contributed by atoms with van der Waals surface area (Å²) in [6.45, 7) is 5.78. The quantitative estimate of drug-likeness (QED) is 0.423. The minimum atomic E-state index is -0.449. The Kier molecular flexibility index (Phi) is 5.97. The van der Waals surface area contributed by atoms with E-state index in [1.807, 2.05) is 43.3 Å². The molecule has 0 amide bonds. The van der Waals surface area contributed by atoms with Gasteiger partial charge in [-0.3, -0.25) is 4.79 Å². The Morgan fingerprint density at radius 3 is 2.66 bits per heavy atom. The average molecular weight is 454 g/mol. The zero-order valence-electron chi connectivity index (χ0n) is 18.4. The molecule has 2 heterocycles. The third kappa shape index (κ3) is 4.96. The standard InChI is InChI=1S/C24H27N3O4S/c1-14-10-20-17(12-19(14)30-15(2)28)8-9-24(3,31-20)13-29-18-6-4-16(5-7-18)11-21-22(25)27-23(26)32-21/h4-7,10,12H,8-9,11,13,25H2,1-3H3,(H2,26,27). The summed E-state index contributed by atoms with van der Waals surface area (Å²) < 4.78 is 17.6. The molecule has 0 saturated heterocycles. The third-order valence-corrected chi connectivity index (χ3v) is 6.37. The van der Waals surface area contributed by atoms with E-state index in [2.05, 4.69) is 11.9 Å². The van der Waals surface area contributed by atoms with Crippen molar-refractivity contribution in [3.63, 3.8) is 0 Å². The summed E-state index contributed by atoms with van der Waals surface area (Å²) in [5.74, 6) is 2.34. The van der Waals surface area contributed by atoms with Crippen molar-refractivity contribution in [2.45, 2.75) is 45.6 Å². The number of nitrogens with two attached hydrogens (primary N) is 2. The fourth-order valence-corrected chi connectivity index (χ4v) is 4.50. The van der Waals surface area contributed by atoms with Crippen LogP contribution in [-0.4, -0.2) is 23.2 Å². The number of thiazole rings is 1. The molecule has 2 aromatic carbocycles. The van der Waals surface area contributed by atoms with E-state index in [4.69, 9.17) is 25.7 Å². The number of nitrogen functional groups attached to an aromatic ring is 2. The number of carbonyl (C=O) groups excluding carboxylic acids is 1. The Morgan fingerprint density at radius 1 is 1.25 bits per heavy atom. The monoisotopic (exact) mass is 453 g/mol. The maximum Gasteiger partial charge on any atom is 0.308 e. The first-order valence-corrected chi connectivity index (χ1v) is 11.3. The summed E-state index contributed by atoms with van der Waals surface area (Å²) in [6.07, 6.45) is 2.31. The first-order valence-electron chi connectivity index (χ1n) is 10.4. The number of benzene rings is 2. The van der Waals surface area contributed by atoms with E-state index in [1.165, 1.54) is 18.3 Å². The van der Waals surface area contributed by atoms with Gasteiger partial charge in [-0.2, -0.15) is 0 Å². The fraction of sp³-hybridized carbons (Fsp3) is 0.333. The first-order chi connectivity index (χ1) is 15.2. The summed E-state index contributed by atoms with van der Waals surface area (Å²) in [4.78, 5) is 16.3. The molecular weight excluding hydrogens is 426 g/mol. The zero-order chi connectivity index (χ0) is 22.9. The van der Waals surface area contributed by atoms with Gasteiger partial charge in [-0.15, -0.1) is 0 Å². The van der Waals surface area contributed by atoms with Crippen LogP contribution in [0.4, 0.5) is 10.9 Å². The van der Waals surface area contributed by atoms with Crippen molar-refractivity contribution in [3.8, 4) is 17.2 Å². The first kappa shape index (κ1) is 22.0. The topological polar surface area (TPSA) is 110 Å². The normalized spacial score (nSPS) is 17.3. The minimum absolute atomic E-state index is 0.325. The summed E-state index contributed by atoms with van der Waals surface area (Å²) in [6, 6.07) is 11.8. The van der Waals surface area contributed by atoms with Crippen LogP contribution in [0.3, 0.4) is 0 Å². The Morgan fingerprint density at radius 2 is 2.00 bits per heavy atom. The molecule has 168 valence electrons. The van der Waals surface area contributed by atoms with Crippen molar-refractivity contribution in [1.82, 2.24) is 4.98 Å². The van der Waals surface area contributed by atoms with Gasteiger partial charge in [0.1, 0.15) is 35.3 Å². The largest absolute Gasteiger partial charge is 0.489 e. The smallest absolute Gasteiger partial charge is 0.308 e. The number of hydrogen-bond acceptors (Lipinski definition) is 8. The van der Waals surface area contributed by atoms with Gasteiger partial charge in [0, 0.05) is 13.3 Å². The van der Waals surface area contributed by atoms with Crippen LogP contribution >= 0.6 is 11.3 Å². The number of rotatable bonds is 6. The van der Waals surface area contributed by atoms with Crippen molar-refractivity contribution in [1.29, 1.82) is 0 Å². The predicted octanol–water partition coefficient (Wildman–Crippen LogP) is 4.29. The molecule has 4 rings (SSSR count). The number of aromatic nitrogens is 1. The molecule has 3 aromatic rings. The van der Waals surface area contributed by atoms with Crippen molar-refractivity contribution >= 4 is 28.3 Å². The number of ether oxygens (including phenoxy) is 3. The highest BCUT2D eigenvalue weighted by atomic mass is 32.1. The summed E-state index contributed by atoms with van der Waals surface area (Å²) >= 11 is 1.41. The molecule has 8 heteroatoms. The summed E-state index contributed by atoms with van der Waals surface area (Å²) in [5, 5.41) is 0.484. The summed E-state index contributed by atoms with van der Waals surface area (Å²) in [5.41, 5.74) is 14.2. The highest BCUT2D eigenvalue weighted by Crippen LogP contribution is 2.37. The third-order valence-electron chi connectivity index (χ3n) is 5.47. The van der Waals surface area contributed by atoms with E-state index in [9.17, 15) is 4.79 Å². The highest BCUT2D eigenvalue weighted by Gasteiger charge is 2.33. The molecule has 0 radical (unpaired) electrons. The van der Waals surface area contributed by atoms with Gasteiger partial charge in [0.25, 0.3) is 0 Å². The highest BCUT2D eigenvalue weighted by molar-refractivity contribution is 7.15. The molecule has 1 atom stereocenters. The molecule has 0 fully saturated rings. The van der Waals surface area contributed by atoms with Gasteiger partial charge in [0.05, 0.1) is 4.88 Å². The van der Waals surface area contributed by atoms with Crippen LogP contribution < -0.4 is 25.7 Å². The Bertz CT molecular complexity index is 1140. The van der Waals surface area contributed by atoms with E-state index < -0.39 is 5.60 Å². The second-order valence-corrected chi connectivity index (χ2v) is 9.46. The predicted molar refractivity (Wildman–Crippen MR) is 126 cm³/mol. The van der Waals surface area contributed by atoms with Crippen LogP contribution in [0.5, 0.6) is 17.2 Å². The number of carbonyl (C=O) groups is 1. The van der Waals surface area contributed by atoms with Gasteiger partial charge in [0.2, 0.25) is 0 Å². The lowest BCUT2D eigenvalue weighted by atomic mass is 9.92. The molecule has 32 heavy (non-hydrogen) atoms. The van der Waals surface area contributed by atoms with E-state index in [0.29, 0.717) is 29.7 Å². The maximum atomic E-state index is 11.3. The molecule has 0 spiro atoms. The lowest BCUT2D eigenvalue weighted by Crippen LogP contribution is -2.42. The number of fused-ring (bicyclic) bond motifs is 1. The number of nitrogens with zero attached hydrogens (tertiary/aromatic N) is 1. The Labute approximate surface area is 191 Å². The molecule has 0 aliphatic carbocycles. The van der Waals surface area contributed by atoms with Gasteiger partial charge in [-0.1, -0.05) is 23.5 Å². The Hall–Kier alpha value is -3.26. The molecule has 0 saturated carbocycles. The van der Waals surface area contributed by atoms with Gasteiger partial charge in [-0.05, 0) is 67.6 Å². The number of aryl methyl sites for hydroxylation is 2. The van der Waals surface area contributed by atoms with Crippen molar-refractivity contribution < 1.29 is 19.0 Å². The molecular formula is C24H27N3O4S. The maximum absolute atomic E-state index is 11.3. The van der Waals surface area contributed by atoms with Crippen molar-refractivity contribution in [3.05, 3.63) is 58.0 Å². The second-order valence-electron chi connectivity index (χ2n) is 8.34. The molecule has 1 aliphatic rings. The summed E-state index contributed by atoms with van der Waals surface area (Å²) in [7, 11) is 0. The van der Waals surface area contributed by atoms with Crippen LogP contribution in [0, 0.1) is 6.92 Å². The van der Waals surface area contributed by atoms with Crippen LogP contribution in [0.1, 0.15) is 41.8 Å². The average Bonchev–Trinajstić information content (AvgIpc) is 3.05. The second kappa shape index (κ2) is 8.70. The zero-order valence-corrected chi connectivity index (χ0v) is 19.3. The van der Waals surface area contributed by atoms with E-state index in [-0.39, 0.29) is 5.97 Å². The lowest BCUT2D eigenvalue weighted by molar-refractivity contribution is -0.131. The van der Waals surface area contributed by atoms with E-state index in [0.717, 1.165) is 45.9 Å². The van der Waals surface area contributed by atoms with E-state index in [1.54, 1.807) is 0 Å². The molecule has 1 aromatic heterocycles. The molecule has 1 unspecified atom stereocenters. The number of esters is 1. The molecule has 1 aliphatic heterocycles. The number of hydrogen-bond donors (Lipinski definition) is 2. The number of anilines is 2. The Balaban J connectivity index is 1.38. The molecule has 0 bridgehead atoms. The lowest BCUT2D eigenvalue weighted by Gasteiger charge is -2.36. The van der Waals surface area contributed by atoms with Crippen LogP contribution in [0.2, 0.25) is 0 Å². The van der Waals surface area contributed by atoms with Crippen molar-refractivity contribution in [2.24, 2.45) is 0 Å². The SMILES string of the molecule is CC(=O)Oc1cc2c(cc1C)OC(C)(COc1ccc(Cc3sc(N)nc3N)cc1)CC2. The van der Waals surface area contributed by atoms with Crippen molar-refractivity contribution in [2.75, 3.05) is 18.1 Å². The van der Waals surface area contributed by atoms with Gasteiger partial charge < -0.3 is 25.7 Å². The van der Waals surface area contributed by atoms with Gasteiger partial charge in [0.15, 0.2) is 5.13 Å². The van der Waals surface area contributed by atoms with E-state index >= 15 is 0 Å². The van der Waals surface area contributed by atoms with Gasteiger partial charge >= 0.3 is 5.97 Å². The molecule has 7 nitrogen and oxygen atoms in total.